The molecule has 0 aromatic heterocycles. The minimum Gasteiger partial charge on any atom is -0.351 e. The highest BCUT2D eigenvalue weighted by molar-refractivity contribution is 7.88. The van der Waals surface area contributed by atoms with Gasteiger partial charge in [0.1, 0.15) is 5.82 Å². The second kappa shape index (κ2) is 5.92. The predicted molar refractivity (Wildman–Crippen MR) is 66.3 cm³/mol. The summed E-state index contributed by atoms with van der Waals surface area (Å²) < 4.78 is 37.2. The second-order valence-corrected chi connectivity index (χ2v) is 5.74. The average Bonchev–Trinajstić information content (AvgIpc) is 2.22. The molecule has 0 spiro atoms. The van der Waals surface area contributed by atoms with Gasteiger partial charge < -0.3 is 5.32 Å². The number of hydrogen-bond donors (Lipinski definition) is 2. The molecule has 0 saturated heterocycles. The van der Waals surface area contributed by atoms with Gasteiger partial charge in [-0.3, -0.25) is 4.79 Å². The zero-order chi connectivity index (χ0) is 13.8. The van der Waals surface area contributed by atoms with E-state index in [2.05, 4.69) is 10.0 Å². The van der Waals surface area contributed by atoms with Gasteiger partial charge in [0, 0.05) is 13.1 Å². The number of nitrogens with one attached hydrogen (secondary N) is 2. The third-order valence-corrected chi connectivity index (χ3v) is 2.87. The van der Waals surface area contributed by atoms with E-state index in [-0.39, 0.29) is 18.7 Å². The van der Waals surface area contributed by atoms with Crippen molar-refractivity contribution in [1.82, 2.24) is 10.0 Å². The molecule has 0 bridgehead atoms. The van der Waals surface area contributed by atoms with Crippen LogP contribution in [0.4, 0.5) is 4.39 Å². The van der Waals surface area contributed by atoms with Crippen LogP contribution in [0.3, 0.4) is 0 Å². The number of aryl methyl sites for hydroxylation is 1. The average molecular weight is 274 g/mol. The summed E-state index contributed by atoms with van der Waals surface area (Å²) >= 11 is 0. The lowest BCUT2D eigenvalue weighted by Gasteiger charge is -2.07. The number of carbonyl (C=O) groups is 1. The molecule has 0 aliphatic carbocycles. The fraction of sp³-hybridized carbons (Fsp3) is 0.364. The van der Waals surface area contributed by atoms with Gasteiger partial charge in [0.2, 0.25) is 10.0 Å². The highest BCUT2D eigenvalue weighted by Gasteiger charge is 2.10. The summed E-state index contributed by atoms with van der Waals surface area (Å²) in [6.45, 7) is 1.89. The fourth-order valence-corrected chi connectivity index (χ4v) is 1.78. The van der Waals surface area contributed by atoms with Gasteiger partial charge in [0.25, 0.3) is 5.91 Å². The molecule has 0 atom stereocenters. The Morgan fingerprint density at radius 3 is 2.56 bits per heavy atom. The third-order valence-electron chi connectivity index (χ3n) is 2.14. The molecular formula is C11H15FN2O3S. The molecule has 0 radical (unpaired) electrons. The van der Waals surface area contributed by atoms with Crippen molar-refractivity contribution < 1.29 is 17.6 Å². The van der Waals surface area contributed by atoms with Crippen molar-refractivity contribution in [3.8, 4) is 0 Å². The molecular weight excluding hydrogens is 259 g/mol. The largest absolute Gasteiger partial charge is 0.351 e. The summed E-state index contributed by atoms with van der Waals surface area (Å²) in [7, 11) is -3.28. The van der Waals surface area contributed by atoms with E-state index < -0.39 is 21.7 Å². The molecule has 100 valence electrons. The molecule has 0 aliphatic rings. The van der Waals surface area contributed by atoms with Gasteiger partial charge in [-0.25, -0.2) is 17.5 Å². The van der Waals surface area contributed by atoms with E-state index in [4.69, 9.17) is 0 Å². The van der Waals surface area contributed by atoms with Crippen LogP contribution in [0, 0.1) is 12.7 Å². The Kier molecular flexibility index (Phi) is 4.80. The Morgan fingerprint density at radius 1 is 1.33 bits per heavy atom. The van der Waals surface area contributed by atoms with Crippen LogP contribution in [0.25, 0.3) is 0 Å². The van der Waals surface area contributed by atoms with Crippen LogP contribution in [0.5, 0.6) is 0 Å². The molecule has 0 heterocycles. The zero-order valence-electron chi connectivity index (χ0n) is 10.2. The van der Waals surface area contributed by atoms with Crippen LogP contribution < -0.4 is 10.0 Å². The van der Waals surface area contributed by atoms with Crippen LogP contribution in [0.1, 0.15) is 15.9 Å². The quantitative estimate of drug-likeness (QED) is 0.764. The molecule has 5 nitrogen and oxygen atoms in total. The molecule has 2 N–H and O–H groups in total. The van der Waals surface area contributed by atoms with E-state index >= 15 is 0 Å². The monoisotopic (exact) mass is 274 g/mol. The maximum absolute atomic E-state index is 13.4. The van der Waals surface area contributed by atoms with Crippen molar-refractivity contribution in [2.45, 2.75) is 6.92 Å². The van der Waals surface area contributed by atoms with Crippen molar-refractivity contribution in [3.63, 3.8) is 0 Å². The second-order valence-electron chi connectivity index (χ2n) is 3.91. The lowest BCUT2D eigenvalue weighted by molar-refractivity contribution is 0.0950. The molecule has 0 unspecified atom stereocenters. The van der Waals surface area contributed by atoms with Gasteiger partial charge in [-0.05, 0) is 24.6 Å². The molecule has 1 amide bonds. The fourth-order valence-electron chi connectivity index (χ4n) is 1.31. The lowest BCUT2D eigenvalue weighted by atomic mass is 10.1. The third kappa shape index (κ3) is 4.80. The maximum Gasteiger partial charge on any atom is 0.254 e. The summed E-state index contributed by atoms with van der Waals surface area (Å²) in [6.07, 6.45) is 1.02. The number of amides is 1. The van der Waals surface area contributed by atoms with Gasteiger partial charge in [-0.15, -0.1) is 0 Å². The SMILES string of the molecule is Cc1ccc(C(=O)NCCNS(C)(=O)=O)c(F)c1. The number of benzene rings is 1. The van der Waals surface area contributed by atoms with Crippen molar-refractivity contribution in [3.05, 3.63) is 35.1 Å². The number of carbonyl (C=O) groups excluding carboxylic acids is 1. The molecule has 0 saturated carbocycles. The van der Waals surface area contributed by atoms with E-state index in [0.717, 1.165) is 11.8 Å². The Morgan fingerprint density at radius 2 is 2.00 bits per heavy atom. The molecule has 0 aliphatic heterocycles. The van der Waals surface area contributed by atoms with Crippen LogP contribution in [-0.4, -0.2) is 33.7 Å². The molecule has 7 heteroatoms. The number of hydrogen-bond acceptors (Lipinski definition) is 3. The van der Waals surface area contributed by atoms with Gasteiger partial charge in [-0.1, -0.05) is 6.07 Å². The number of rotatable bonds is 5. The first-order chi connectivity index (χ1) is 8.29. The topological polar surface area (TPSA) is 75.3 Å². The highest BCUT2D eigenvalue weighted by atomic mass is 32.2. The minimum atomic E-state index is -3.28. The van der Waals surface area contributed by atoms with Crippen molar-refractivity contribution in [1.29, 1.82) is 0 Å². The first kappa shape index (κ1) is 14.6. The first-order valence-corrected chi connectivity index (χ1v) is 7.18. The minimum absolute atomic E-state index is 0.0556. The number of sulfonamides is 1. The van der Waals surface area contributed by atoms with Crippen LogP contribution in [0.15, 0.2) is 18.2 Å². The van der Waals surface area contributed by atoms with Gasteiger partial charge in [0.15, 0.2) is 0 Å². The van der Waals surface area contributed by atoms with Crippen LogP contribution in [-0.2, 0) is 10.0 Å². The van der Waals surface area contributed by atoms with Gasteiger partial charge in [-0.2, -0.15) is 0 Å². The van der Waals surface area contributed by atoms with Crippen LogP contribution >= 0.6 is 0 Å². The van der Waals surface area contributed by atoms with Gasteiger partial charge in [0.05, 0.1) is 11.8 Å². The first-order valence-electron chi connectivity index (χ1n) is 5.28. The van der Waals surface area contributed by atoms with Crippen molar-refractivity contribution in [2.75, 3.05) is 19.3 Å². The van der Waals surface area contributed by atoms with Gasteiger partial charge >= 0.3 is 0 Å². The summed E-state index contributed by atoms with van der Waals surface area (Å²) in [4.78, 5) is 11.6. The Balaban J connectivity index is 2.51. The smallest absolute Gasteiger partial charge is 0.254 e. The summed E-state index contributed by atoms with van der Waals surface area (Å²) in [5.74, 6) is -1.16. The molecule has 0 fully saturated rings. The summed E-state index contributed by atoms with van der Waals surface area (Å²) in [5.41, 5.74) is 0.669. The molecule has 18 heavy (non-hydrogen) atoms. The number of halogens is 1. The molecule has 1 aromatic rings. The van der Waals surface area contributed by atoms with Crippen molar-refractivity contribution in [2.24, 2.45) is 0 Å². The van der Waals surface area contributed by atoms with Crippen molar-refractivity contribution >= 4 is 15.9 Å². The summed E-state index contributed by atoms with van der Waals surface area (Å²) in [6, 6.07) is 4.29. The normalized spacial score (nSPS) is 11.3. The standard InChI is InChI=1S/C11H15FN2O3S/c1-8-3-4-9(10(12)7-8)11(15)13-5-6-14-18(2,16)17/h3-4,7,14H,5-6H2,1-2H3,(H,13,15). The predicted octanol–water partition coefficient (Wildman–Crippen LogP) is 0.413. The Labute approximate surface area is 105 Å². The summed E-state index contributed by atoms with van der Waals surface area (Å²) in [5, 5.41) is 2.43. The molecule has 1 rings (SSSR count). The van der Waals surface area contributed by atoms with E-state index in [1.165, 1.54) is 12.1 Å². The Bertz CT molecular complexity index is 543. The van der Waals surface area contributed by atoms with E-state index in [1.54, 1.807) is 13.0 Å². The Hall–Kier alpha value is -1.47. The van der Waals surface area contributed by atoms with E-state index in [0.29, 0.717) is 0 Å². The van der Waals surface area contributed by atoms with E-state index in [9.17, 15) is 17.6 Å². The molecule has 1 aromatic carbocycles. The maximum atomic E-state index is 13.4. The highest BCUT2D eigenvalue weighted by Crippen LogP contribution is 2.09. The zero-order valence-corrected chi connectivity index (χ0v) is 11.0. The van der Waals surface area contributed by atoms with E-state index in [1.807, 2.05) is 0 Å². The lowest BCUT2D eigenvalue weighted by Crippen LogP contribution is -2.34. The van der Waals surface area contributed by atoms with Crippen LogP contribution in [0.2, 0.25) is 0 Å².